The molecule has 1 N–H and O–H groups in total. The van der Waals surface area contributed by atoms with E-state index in [2.05, 4.69) is 33.2 Å². The third-order valence-electron chi connectivity index (χ3n) is 1.97. The van der Waals surface area contributed by atoms with Crippen LogP contribution in [0.5, 0.6) is 0 Å². The van der Waals surface area contributed by atoms with Crippen LogP contribution in [0.2, 0.25) is 0 Å². The number of aryl methyl sites for hydroxylation is 1. The monoisotopic (exact) mass is 334 g/mol. The molecule has 0 aliphatic carbocycles. The fourth-order valence-electron chi connectivity index (χ4n) is 1.32. The number of thiazole rings is 1. The number of carbonyl (C=O) groups excluding carboxylic acids is 1. The lowest BCUT2D eigenvalue weighted by Crippen LogP contribution is -2.27. The van der Waals surface area contributed by atoms with Crippen molar-refractivity contribution in [1.29, 1.82) is 0 Å². The van der Waals surface area contributed by atoms with Crippen LogP contribution in [0.15, 0.2) is 0 Å². The largest absolute Gasteiger partial charge is 0.444 e. The number of anilines is 1. The Hall–Kier alpha value is -0.620. The number of nitrogens with zero attached hydrogens (tertiary/aromatic N) is 1. The minimum Gasteiger partial charge on any atom is -0.444 e. The molecule has 6 heteroatoms. The summed E-state index contributed by atoms with van der Waals surface area (Å²) in [5, 5.41) is 3.25. The first kappa shape index (κ1) is 15.4. The van der Waals surface area contributed by atoms with Crippen LogP contribution in [0.4, 0.5) is 9.93 Å². The lowest BCUT2D eigenvalue weighted by atomic mass is 10.2. The topological polar surface area (TPSA) is 51.2 Å². The highest BCUT2D eigenvalue weighted by atomic mass is 79.9. The van der Waals surface area contributed by atoms with Crippen LogP contribution in [0, 0.1) is 6.92 Å². The first-order valence-corrected chi connectivity index (χ1v) is 7.51. The number of amides is 1. The van der Waals surface area contributed by atoms with E-state index in [1.807, 2.05) is 27.7 Å². The van der Waals surface area contributed by atoms with Gasteiger partial charge < -0.3 is 4.74 Å². The van der Waals surface area contributed by atoms with Crippen LogP contribution in [-0.2, 0) is 11.2 Å². The average Bonchev–Trinajstić information content (AvgIpc) is 2.41. The Morgan fingerprint density at radius 1 is 1.56 bits per heavy atom. The van der Waals surface area contributed by atoms with E-state index in [0.29, 0.717) is 9.96 Å². The normalized spacial score (nSPS) is 13.2. The Morgan fingerprint density at radius 2 is 2.17 bits per heavy atom. The van der Waals surface area contributed by atoms with Gasteiger partial charge in [-0.05, 0) is 34.1 Å². The second-order valence-electron chi connectivity index (χ2n) is 5.14. The van der Waals surface area contributed by atoms with E-state index in [1.165, 1.54) is 16.2 Å². The Balaban J connectivity index is 2.66. The third kappa shape index (κ3) is 5.35. The van der Waals surface area contributed by atoms with Crippen molar-refractivity contribution in [1.82, 2.24) is 4.98 Å². The maximum absolute atomic E-state index is 11.6. The predicted octanol–water partition coefficient (Wildman–Crippen LogP) is 4.12. The van der Waals surface area contributed by atoms with E-state index >= 15 is 0 Å². The molecule has 4 nitrogen and oxygen atoms in total. The van der Waals surface area contributed by atoms with Crippen molar-refractivity contribution in [2.75, 3.05) is 5.32 Å². The Morgan fingerprint density at radius 3 is 2.67 bits per heavy atom. The molecule has 0 radical (unpaired) electrons. The molecule has 1 rings (SSSR count). The number of rotatable bonds is 3. The van der Waals surface area contributed by atoms with E-state index in [-0.39, 0.29) is 0 Å². The molecule has 0 saturated heterocycles. The van der Waals surface area contributed by atoms with Crippen molar-refractivity contribution < 1.29 is 9.53 Å². The number of hydrogen-bond acceptors (Lipinski definition) is 4. The lowest BCUT2D eigenvalue weighted by molar-refractivity contribution is 0.0636. The third-order valence-corrected chi connectivity index (χ3v) is 3.39. The molecule has 0 saturated carbocycles. The molecule has 0 bridgehead atoms. The van der Waals surface area contributed by atoms with Gasteiger partial charge >= 0.3 is 6.09 Å². The van der Waals surface area contributed by atoms with E-state index < -0.39 is 11.7 Å². The minimum atomic E-state index is -0.496. The van der Waals surface area contributed by atoms with Gasteiger partial charge in [0.05, 0.1) is 5.69 Å². The van der Waals surface area contributed by atoms with Gasteiger partial charge in [0, 0.05) is 9.70 Å². The van der Waals surface area contributed by atoms with Gasteiger partial charge in [0.2, 0.25) is 0 Å². The molecular weight excluding hydrogens is 316 g/mol. The summed E-state index contributed by atoms with van der Waals surface area (Å²) in [6.07, 6.45) is 0.439. The number of carbonyl (C=O) groups is 1. The molecule has 0 fully saturated rings. The van der Waals surface area contributed by atoms with Crippen LogP contribution in [0.25, 0.3) is 0 Å². The van der Waals surface area contributed by atoms with E-state index in [0.717, 1.165) is 12.1 Å². The molecule has 0 spiro atoms. The van der Waals surface area contributed by atoms with E-state index in [4.69, 9.17) is 4.74 Å². The Bertz CT molecular complexity index is 424. The summed E-state index contributed by atoms with van der Waals surface area (Å²) in [5.41, 5.74) is 0.459. The fourth-order valence-corrected chi connectivity index (χ4v) is 2.93. The van der Waals surface area contributed by atoms with Crippen molar-refractivity contribution in [2.24, 2.45) is 0 Å². The number of hydrogen-bond donors (Lipinski definition) is 1. The molecule has 0 aliphatic rings. The molecule has 1 aromatic rings. The zero-order valence-electron chi connectivity index (χ0n) is 11.3. The predicted molar refractivity (Wildman–Crippen MR) is 78.8 cm³/mol. The molecule has 1 heterocycles. The molecule has 102 valence electrons. The van der Waals surface area contributed by atoms with Gasteiger partial charge in [0.15, 0.2) is 5.13 Å². The Labute approximate surface area is 120 Å². The van der Waals surface area contributed by atoms with Gasteiger partial charge in [0.1, 0.15) is 5.60 Å². The van der Waals surface area contributed by atoms with Crippen LogP contribution in [0.3, 0.4) is 0 Å². The van der Waals surface area contributed by atoms with Crippen molar-refractivity contribution in [3.8, 4) is 0 Å². The van der Waals surface area contributed by atoms with Crippen molar-refractivity contribution in [3.63, 3.8) is 0 Å². The smallest absolute Gasteiger partial charge is 0.413 e. The van der Waals surface area contributed by atoms with E-state index in [1.54, 1.807) is 0 Å². The van der Waals surface area contributed by atoms with Gasteiger partial charge in [-0.15, -0.1) is 11.3 Å². The maximum atomic E-state index is 11.6. The SMILES string of the molecule is Cc1nc(NC(=O)OC(C)(C)C)sc1CC(C)Br. The number of ether oxygens (including phenoxy) is 1. The summed E-state index contributed by atoms with van der Waals surface area (Å²) in [5.74, 6) is 0. The highest BCUT2D eigenvalue weighted by Crippen LogP contribution is 2.25. The van der Waals surface area contributed by atoms with Crippen LogP contribution in [0.1, 0.15) is 38.3 Å². The minimum absolute atomic E-state index is 0.394. The second-order valence-corrected chi connectivity index (χ2v) is 7.79. The van der Waals surface area contributed by atoms with E-state index in [9.17, 15) is 4.79 Å². The summed E-state index contributed by atoms with van der Waals surface area (Å²) in [6, 6.07) is 0. The van der Waals surface area contributed by atoms with Gasteiger partial charge in [-0.2, -0.15) is 0 Å². The quantitative estimate of drug-likeness (QED) is 0.845. The summed E-state index contributed by atoms with van der Waals surface area (Å²) in [4.78, 5) is 17.5. The van der Waals surface area contributed by atoms with Crippen molar-refractivity contribution >= 4 is 38.5 Å². The fraction of sp³-hybridized carbons (Fsp3) is 0.667. The first-order valence-electron chi connectivity index (χ1n) is 5.78. The number of alkyl halides is 1. The standard InChI is InChI=1S/C12H19BrN2O2S/c1-7(13)6-9-8(2)14-10(18-9)15-11(16)17-12(3,4)5/h7H,6H2,1-5H3,(H,14,15,16). The summed E-state index contributed by atoms with van der Waals surface area (Å²) in [7, 11) is 0. The van der Waals surface area contributed by atoms with Crippen LogP contribution < -0.4 is 5.32 Å². The van der Waals surface area contributed by atoms with Gasteiger partial charge in [-0.25, -0.2) is 9.78 Å². The molecule has 1 amide bonds. The molecule has 1 atom stereocenters. The van der Waals surface area contributed by atoms with Gasteiger partial charge in [-0.3, -0.25) is 5.32 Å². The van der Waals surface area contributed by atoms with Crippen molar-refractivity contribution in [2.45, 2.75) is 51.5 Å². The zero-order valence-corrected chi connectivity index (χ0v) is 13.7. The number of halogens is 1. The molecule has 18 heavy (non-hydrogen) atoms. The average molecular weight is 335 g/mol. The maximum Gasteiger partial charge on any atom is 0.413 e. The molecule has 1 unspecified atom stereocenters. The second kappa shape index (κ2) is 6.02. The van der Waals surface area contributed by atoms with Crippen LogP contribution in [-0.4, -0.2) is 21.5 Å². The molecular formula is C12H19BrN2O2S. The first-order chi connectivity index (χ1) is 8.17. The summed E-state index contributed by atoms with van der Waals surface area (Å²) < 4.78 is 5.18. The highest BCUT2D eigenvalue weighted by Gasteiger charge is 2.18. The van der Waals surface area contributed by atoms with Crippen molar-refractivity contribution in [3.05, 3.63) is 10.6 Å². The number of aromatic nitrogens is 1. The number of nitrogens with one attached hydrogen (secondary N) is 1. The van der Waals surface area contributed by atoms with Crippen LogP contribution >= 0.6 is 27.3 Å². The molecule has 0 aliphatic heterocycles. The van der Waals surface area contributed by atoms with Gasteiger partial charge in [0.25, 0.3) is 0 Å². The summed E-state index contributed by atoms with van der Waals surface area (Å²) >= 11 is 5.00. The molecule has 1 aromatic heterocycles. The lowest BCUT2D eigenvalue weighted by Gasteiger charge is -2.18. The molecule has 0 aromatic carbocycles. The van der Waals surface area contributed by atoms with Gasteiger partial charge in [-0.1, -0.05) is 22.9 Å². The Kier molecular flexibility index (Phi) is 5.16. The zero-order chi connectivity index (χ0) is 13.9. The summed E-state index contributed by atoms with van der Waals surface area (Å²) in [6.45, 7) is 9.52. The highest BCUT2D eigenvalue weighted by molar-refractivity contribution is 9.09.